The molecule has 6 nitrogen and oxygen atoms in total. The Morgan fingerprint density at radius 2 is 1.57 bits per heavy atom. The Balaban J connectivity index is 0.00000386. The third kappa shape index (κ3) is 6.10. The van der Waals surface area contributed by atoms with Crippen LogP contribution in [0.1, 0.15) is 45.5 Å². The van der Waals surface area contributed by atoms with Gasteiger partial charge in [0.15, 0.2) is 0 Å². The van der Waals surface area contributed by atoms with Crippen LogP contribution in [0, 0.1) is 12.1 Å². The van der Waals surface area contributed by atoms with E-state index in [1.807, 2.05) is 48.5 Å². The first-order valence-electron chi connectivity index (χ1n) is 15.7. The summed E-state index contributed by atoms with van der Waals surface area (Å²) in [5.41, 5.74) is 7.19. The number of methoxy groups -OCH3 is 1. The molecule has 0 saturated carbocycles. The zero-order chi connectivity index (χ0) is 31.8. The quantitative estimate of drug-likeness (QED) is 0.116. The third-order valence-electron chi connectivity index (χ3n) is 8.16. The van der Waals surface area contributed by atoms with Gasteiger partial charge in [-0.3, -0.25) is 4.68 Å². The number of hydrogen-bond donors (Lipinski definition) is 0. The van der Waals surface area contributed by atoms with Gasteiger partial charge in [0.2, 0.25) is 0 Å². The van der Waals surface area contributed by atoms with Crippen LogP contribution >= 0.6 is 0 Å². The number of aromatic nitrogens is 4. The molecular formula is C40H36N4O2Pd. The molecule has 3 heterocycles. The molecule has 7 heteroatoms. The molecule has 7 rings (SSSR count). The van der Waals surface area contributed by atoms with Crippen molar-refractivity contribution in [2.24, 2.45) is 0 Å². The minimum absolute atomic E-state index is 0. The summed E-state index contributed by atoms with van der Waals surface area (Å²) in [7, 11) is 1.66. The van der Waals surface area contributed by atoms with Crippen LogP contribution in [-0.2, 0) is 32.3 Å². The molecule has 0 N–H and O–H groups in total. The van der Waals surface area contributed by atoms with Gasteiger partial charge >= 0.3 is 20.4 Å². The van der Waals surface area contributed by atoms with E-state index in [1.54, 1.807) is 13.3 Å². The number of fused-ring (bicyclic) bond motifs is 3. The smallest absolute Gasteiger partial charge is 0.509 e. The Bertz CT molecular complexity index is 2180. The van der Waals surface area contributed by atoms with Gasteiger partial charge in [-0.05, 0) is 35.2 Å². The number of hydrogen-bond acceptors (Lipinski definition) is 4. The SMILES string of the molecule is CCCc1nn(-c2[c-]c(Oc3[c-]c4c(cc3)c3ccccc3n4-c3cc(OC)ccn3)ccc2)c(C(C)(C)C)c1-c1ccccc1.[Pd+2]. The van der Waals surface area contributed by atoms with Crippen molar-refractivity contribution in [3.8, 4) is 39.9 Å². The topological polar surface area (TPSA) is 54.1 Å². The first-order chi connectivity index (χ1) is 22.4. The standard InChI is InChI=1S/C40H36N4O2.Pd/c1-6-13-34-38(27-14-8-7-9-15-27)39(40(2,3)4)44(42-34)28-16-12-17-30(24-28)46-31-20-21-33-32-18-10-11-19-35(32)43(36(33)25-31)37-26-29(45-5)22-23-41-37;/h7-12,14-23,26H,6,13H2,1-5H3;/q-2;+2. The maximum absolute atomic E-state index is 6.46. The molecule has 0 bridgehead atoms. The summed E-state index contributed by atoms with van der Waals surface area (Å²) in [5.74, 6) is 2.66. The molecule has 0 fully saturated rings. The van der Waals surface area contributed by atoms with Crippen LogP contribution in [0.2, 0.25) is 0 Å². The van der Waals surface area contributed by atoms with Crippen LogP contribution in [0.5, 0.6) is 17.2 Å². The van der Waals surface area contributed by atoms with E-state index in [2.05, 4.69) is 103 Å². The van der Waals surface area contributed by atoms with Gasteiger partial charge in [-0.25, -0.2) is 4.98 Å². The van der Waals surface area contributed by atoms with Gasteiger partial charge in [-0.1, -0.05) is 88.2 Å². The number of benzene rings is 4. The van der Waals surface area contributed by atoms with Crippen molar-refractivity contribution in [3.05, 3.63) is 127 Å². The first-order valence-corrected chi connectivity index (χ1v) is 15.7. The number of ether oxygens (including phenoxy) is 2. The number of nitrogens with zero attached hydrogens (tertiary/aromatic N) is 4. The van der Waals surface area contributed by atoms with Gasteiger partial charge in [0.05, 0.1) is 18.5 Å². The van der Waals surface area contributed by atoms with E-state index < -0.39 is 0 Å². The summed E-state index contributed by atoms with van der Waals surface area (Å²) in [4.78, 5) is 4.67. The fourth-order valence-electron chi connectivity index (χ4n) is 6.21. The Hall–Kier alpha value is -4.70. The van der Waals surface area contributed by atoms with Crippen molar-refractivity contribution in [1.82, 2.24) is 19.3 Å². The Kier molecular flexibility index (Phi) is 9.05. The third-order valence-corrected chi connectivity index (χ3v) is 8.16. The molecule has 7 aromatic rings. The zero-order valence-electron chi connectivity index (χ0n) is 27.2. The monoisotopic (exact) mass is 710 g/mol. The van der Waals surface area contributed by atoms with Crippen molar-refractivity contribution in [3.63, 3.8) is 0 Å². The van der Waals surface area contributed by atoms with Crippen LogP contribution in [0.4, 0.5) is 0 Å². The molecule has 238 valence electrons. The van der Waals surface area contributed by atoms with Crippen molar-refractivity contribution >= 4 is 21.8 Å². The Morgan fingerprint density at radius 1 is 0.809 bits per heavy atom. The molecule has 0 spiro atoms. The van der Waals surface area contributed by atoms with Crippen molar-refractivity contribution in [2.75, 3.05) is 7.11 Å². The van der Waals surface area contributed by atoms with Crippen LogP contribution in [0.3, 0.4) is 0 Å². The van der Waals surface area contributed by atoms with E-state index in [-0.39, 0.29) is 25.8 Å². The molecule has 0 aliphatic heterocycles. The average molecular weight is 711 g/mol. The van der Waals surface area contributed by atoms with Gasteiger partial charge in [0.25, 0.3) is 0 Å². The maximum atomic E-state index is 6.46. The molecule has 0 atom stereocenters. The second-order valence-electron chi connectivity index (χ2n) is 12.4. The summed E-state index contributed by atoms with van der Waals surface area (Å²) < 4.78 is 16.1. The molecule has 0 saturated heterocycles. The average Bonchev–Trinajstić information content (AvgIpc) is 3.62. The fraction of sp³-hybridized carbons (Fsp3) is 0.200. The van der Waals surface area contributed by atoms with Crippen LogP contribution < -0.4 is 9.47 Å². The number of aryl methyl sites for hydroxylation is 1. The van der Waals surface area contributed by atoms with Crippen molar-refractivity contribution < 1.29 is 29.9 Å². The van der Waals surface area contributed by atoms with Gasteiger partial charge in [0.1, 0.15) is 11.6 Å². The predicted molar refractivity (Wildman–Crippen MR) is 185 cm³/mol. The van der Waals surface area contributed by atoms with E-state index in [9.17, 15) is 0 Å². The largest absolute Gasteiger partial charge is 2.00 e. The van der Waals surface area contributed by atoms with E-state index in [0.717, 1.165) is 63.3 Å². The number of para-hydroxylation sites is 1. The molecular weight excluding hydrogens is 675 g/mol. The van der Waals surface area contributed by atoms with Crippen LogP contribution in [0.25, 0.3) is 44.4 Å². The van der Waals surface area contributed by atoms with Gasteiger partial charge in [0, 0.05) is 40.3 Å². The summed E-state index contributed by atoms with van der Waals surface area (Å²) in [6.45, 7) is 8.92. The van der Waals surface area contributed by atoms with E-state index >= 15 is 0 Å². The number of pyridine rings is 1. The molecule has 47 heavy (non-hydrogen) atoms. The number of rotatable bonds is 8. The minimum atomic E-state index is -0.171. The van der Waals surface area contributed by atoms with E-state index in [0.29, 0.717) is 11.5 Å². The Labute approximate surface area is 289 Å². The van der Waals surface area contributed by atoms with Crippen LogP contribution in [0.15, 0.2) is 103 Å². The van der Waals surface area contributed by atoms with Crippen molar-refractivity contribution in [1.29, 1.82) is 0 Å². The van der Waals surface area contributed by atoms with Gasteiger partial charge in [-0.2, -0.15) is 17.2 Å². The van der Waals surface area contributed by atoms with Gasteiger partial charge < -0.3 is 14.0 Å². The molecule has 3 aromatic heterocycles. The molecule has 0 radical (unpaired) electrons. The fourth-order valence-corrected chi connectivity index (χ4v) is 6.21. The maximum Gasteiger partial charge on any atom is 2.00 e. The molecule has 0 amide bonds. The first kappa shape index (κ1) is 32.3. The van der Waals surface area contributed by atoms with Crippen LogP contribution in [-0.4, -0.2) is 26.4 Å². The summed E-state index contributed by atoms with van der Waals surface area (Å²) in [5, 5.41) is 7.37. The second kappa shape index (κ2) is 13.2. The predicted octanol–water partition coefficient (Wildman–Crippen LogP) is 9.68. The second-order valence-corrected chi connectivity index (χ2v) is 12.4. The summed E-state index contributed by atoms with van der Waals surface area (Å²) in [6.07, 6.45) is 3.65. The summed E-state index contributed by atoms with van der Waals surface area (Å²) >= 11 is 0. The Morgan fingerprint density at radius 3 is 2.34 bits per heavy atom. The molecule has 4 aromatic carbocycles. The molecule has 0 aliphatic carbocycles. The summed E-state index contributed by atoms with van der Waals surface area (Å²) in [6, 6.07) is 39.7. The van der Waals surface area contributed by atoms with Gasteiger partial charge in [-0.15, -0.1) is 35.7 Å². The van der Waals surface area contributed by atoms with E-state index in [4.69, 9.17) is 14.6 Å². The normalized spacial score (nSPS) is 11.5. The minimum Gasteiger partial charge on any atom is -0.509 e. The van der Waals surface area contributed by atoms with E-state index in [1.165, 1.54) is 11.1 Å². The zero-order valence-corrected chi connectivity index (χ0v) is 28.7. The molecule has 0 aliphatic rings. The van der Waals surface area contributed by atoms with Crippen molar-refractivity contribution in [2.45, 2.75) is 46.0 Å². The molecule has 0 unspecified atom stereocenters.